The fourth-order valence-electron chi connectivity index (χ4n) is 3.12. The van der Waals surface area contributed by atoms with Crippen LogP contribution in [0.2, 0.25) is 0 Å². The number of hydrogen-bond donors (Lipinski definition) is 0. The quantitative estimate of drug-likeness (QED) is 0.780. The molecule has 4 heteroatoms. The monoisotopic (exact) mass is 290 g/mol. The van der Waals surface area contributed by atoms with Crippen LogP contribution in [0, 0.1) is 5.92 Å². The Balaban J connectivity index is 2.34. The molecule has 1 aliphatic rings. The first-order chi connectivity index (χ1) is 10.1. The number of ketones is 1. The minimum absolute atomic E-state index is 0.0736. The number of para-hydroxylation sites is 1. The van der Waals surface area contributed by atoms with E-state index in [1.807, 2.05) is 32.0 Å². The molecule has 1 heterocycles. The summed E-state index contributed by atoms with van der Waals surface area (Å²) in [5.41, 5.74) is 0.0873. The van der Waals surface area contributed by atoms with E-state index in [-0.39, 0.29) is 24.1 Å². The number of ether oxygens (including phenoxy) is 2. The molecule has 0 fully saturated rings. The second kappa shape index (κ2) is 6.29. The van der Waals surface area contributed by atoms with Crippen molar-refractivity contribution in [1.82, 2.24) is 0 Å². The van der Waals surface area contributed by atoms with Crippen molar-refractivity contribution in [2.24, 2.45) is 5.92 Å². The summed E-state index contributed by atoms with van der Waals surface area (Å²) in [7, 11) is 1.36. The van der Waals surface area contributed by atoms with E-state index in [1.165, 1.54) is 7.11 Å². The van der Waals surface area contributed by atoms with Crippen molar-refractivity contribution in [2.75, 3.05) is 7.11 Å². The topological polar surface area (TPSA) is 52.6 Å². The van der Waals surface area contributed by atoms with Crippen LogP contribution in [0.15, 0.2) is 24.3 Å². The Morgan fingerprint density at radius 2 is 1.95 bits per heavy atom. The molecular formula is C17H22O4. The minimum atomic E-state index is -0.528. The van der Waals surface area contributed by atoms with Crippen molar-refractivity contribution in [3.05, 3.63) is 29.8 Å². The van der Waals surface area contributed by atoms with Gasteiger partial charge in [0.1, 0.15) is 11.4 Å². The zero-order valence-corrected chi connectivity index (χ0v) is 12.8. The van der Waals surface area contributed by atoms with Crippen molar-refractivity contribution in [2.45, 2.75) is 45.1 Å². The van der Waals surface area contributed by atoms with Gasteiger partial charge < -0.3 is 9.47 Å². The highest BCUT2D eigenvalue weighted by molar-refractivity contribution is 6.02. The van der Waals surface area contributed by atoms with Gasteiger partial charge in [0.15, 0.2) is 5.78 Å². The summed E-state index contributed by atoms with van der Waals surface area (Å²) < 4.78 is 10.9. The summed E-state index contributed by atoms with van der Waals surface area (Å²) in [5, 5.41) is 0. The minimum Gasteiger partial charge on any atom is -0.486 e. The lowest BCUT2D eigenvalue weighted by atomic mass is 9.73. The first-order valence-electron chi connectivity index (χ1n) is 7.47. The van der Waals surface area contributed by atoms with Crippen LogP contribution in [0.3, 0.4) is 0 Å². The maximum absolute atomic E-state index is 12.8. The molecule has 114 valence electrons. The van der Waals surface area contributed by atoms with Crippen molar-refractivity contribution in [3.8, 4) is 5.75 Å². The molecule has 21 heavy (non-hydrogen) atoms. The van der Waals surface area contributed by atoms with Crippen LogP contribution in [-0.2, 0) is 9.53 Å². The molecule has 0 aromatic heterocycles. The Kier molecular flexibility index (Phi) is 4.66. The number of benzene rings is 1. The molecule has 1 unspecified atom stereocenters. The van der Waals surface area contributed by atoms with Gasteiger partial charge in [-0.25, -0.2) is 0 Å². The predicted octanol–water partition coefficient (Wildman–Crippen LogP) is 3.39. The summed E-state index contributed by atoms with van der Waals surface area (Å²) >= 11 is 0. The van der Waals surface area contributed by atoms with Crippen molar-refractivity contribution >= 4 is 11.8 Å². The van der Waals surface area contributed by atoms with E-state index in [0.29, 0.717) is 17.7 Å². The van der Waals surface area contributed by atoms with E-state index < -0.39 is 5.60 Å². The van der Waals surface area contributed by atoms with Gasteiger partial charge in [-0.05, 0) is 31.4 Å². The van der Waals surface area contributed by atoms with Gasteiger partial charge in [-0.3, -0.25) is 9.59 Å². The molecule has 0 saturated carbocycles. The molecule has 1 atom stereocenters. The normalized spacial score (nSPS) is 19.6. The van der Waals surface area contributed by atoms with E-state index in [0.717, 1.165) is 12.8 Å². The molecule has 4 nitrogen and oxygen atoms in total. The first kappa shape index (κ1) is 15.5. The van der Waals surface area contributed by atoms with Crippen LogP contribution < -0.4 is 4.74 Å². The third kappa shape index (κ3) is 2.80. The van der Waals surface area contributed by atoms with E-state index in [2.05, 4.69) is 0 Å². The van der Waals surface area contributed by atoms with Crippen LogP contribution >= 0.6 is 0 Å². The Morgan fingerprint density at radius 1 is 1.29 bits per heavy atom. The van der Waals surface area contributed by atoms with Gasteiger partial charge in [-0.2, -0.15) is 0 Å². The van der Waals surface area contributed by atoms with E-state index in [4.69, 9.17) is 9.47 Å². The predicted molar refractivity (Wildman–Crippen MR) is 79.5 cm³/mol. The summed E-state index contributed by atoms with van der Waals surface area (Å²) in [6.45, 7) is 4.05. The molecule has 0 aliphatic carbocycles. The lowest BCUT2D eigenvalue weighted by molar-refractivity contribution is -0.141. The maximum atomic E-state index is 12.8. The van der Waals surface area contributed by atoms with Crippen LogP contribution in [0.5, 0.6) is 5.75 Å². The largest absolute Gasteiger partial charge is 0.486 e. The number of Topliss-reactive ketones (excluding diaryl/α,β-unsaturated/α-hetero) is 1. The molecule has 0 N–H and O–H groups in total. The standard InChI is InChI=1S/C17H22O4/c1-4-17(5-2)13(10-11-15(18)20-3)16(19)12-8-6-7-9-14(12)21-17/h6-9,13H,4-5,10-11H2,1-3H3. The number of rotatable bonds is 5. The van der Waals surface area contributed by atoms with Gasteiger partial charge in [-0.15, -0.1) is 0 Å². The van der Waals surface area contributed by atoms with Crippen molar-refractivity contribution < 1.29 is 19.1 Å². The fourth-order valence-corrected chi connectivity index (χ4v) is 3.12. The maximum Gasteiger partial charge on any atom is 0.305 e. The number of carbonyl (C=O) groups excluding carboxylic acids is 2. The molecule has 0 spiro atoms. The van der Waals surface area contributed by atoms with Crippen molar-refractivity contribution in [1.29, 1.82) is 0 Å². The second-order valence-corrected chi connectivity index (χ2v) is 5.40. The molecule has 0 bridgehead atoms. The number of fused-ring (bicyclic) bond motifs is 1. The Bertz CT molecular complexity index is 531. The second-order valence-electron chi connectivity index (χ2n) is 5.40. The van der Waals surface area contributed by atoms with Gasteiger partial charge in [0.05, 0.1) is 18.6 Å². The van der Waals surface area contributed by atoms with Gasteiger partial charge >= 0.3 is 5.97 Å². The molecule has 1 aromatic rings. The number of carbonyl (C=O) groups is 2. The number of esters is 1. The molecule has 0 amide bonds. The molecule has 0 saturated heterocycles. The highest BCUT2D eigenvalue weighted by atomic mass is 16.5. The zero-order valence-electron chi connectivity index (χ0n) is 12.8. The molecule has 1 aromatic carbocycles. The van der Waals surface area contributed by atoms with Gasteiger partial charge in [0.25, 0.3) is 0 Å². The molecule has 0 radical (unpaired) electrons. The van der Waals surface area contributed by atoms with E-state index >= 15 is 0 Å². The Labute approximate surface area is 125 Å². The van der Waals surface area contributed by atoms with Crippen LogP contribution in [0.25, 0.3) is 0 Å². The lowest BCUT2D eigenvalue weighted by Gasteiger charge is -2.43. The average molecular weight is 290 g/mol. The smallest absolute Gasteiger partial charge is 0.305 e. The average Bonchev–Trinajstić information content (AvgIpc) is 2.53. The first-order valence-corrected chi connectivity index (χ1v) is 7.47. The molecule has 2 rings (SSSR count). The van der Waals surface area contributed by atoms with Crippen LogP contribution in [0.4, 0.5) is 0 Å². The van der Waals surface area contributed by atoms with Crippen molar-refractivity contribution in [3.63, 3.8) is 0 Å². The highest BCUT2D eigenvalue weighted by Gasteiger charge is 2.47. The molecule has 1 aliphatic heterocycles. The number of methoxy groups -OCH3 is 1. The third-order valence-corrected chi connectivity index (χ3v) is 4.48. The zero-order chi connectivity index (χ0) is 15.5. The Morgan fingerprint density at radius 3 is 2.57 bits per heavy atom. The summed E-state index contributed by atoms with van der Waals surface area (Å²) in [4.78, 5) is 24.2. The number of hydrogen-bond acceptors (Lipinski definition) is 4. The van der Waals surface area contributed by atoms with Crippen LogP contribution in [-0.4, -0.2) is 24.5 Å². The summed E-state index contributed by atoms with van der Waals surface area (Å²) in [6.07, 6.45) is 2.16. The van der Waals surface area contributed by atoms with Crippen LogP contribution in [0.1, 0.15) is 49.9 Å². The van der Waals surface area contributed by atoms with E-state index in [9.17, 15) is 9.59 Å². The van der Waals surface area contributed by atoms with E-state index in [1.54, 1.807) is 6.07 Å². The molecular weight excluding hydrogens is 268 g/mol. The third-order valence-electron chi connectivity index (χ3n) is 4.48. The van der Waals surface area contributed by atoms with Gasteiger partial charge in [0, 0.05) is 6.42 Å². The highest BCUT2D eigenvalue weighted by Crippen LogP contribution is 2.42. The fraction of sp³-hybridized carbons (Fsp3) is 0.529. The SMILES string of the molecule is CCC1(CC)Oc2ccccc2C(=O)C1CCC(=O)OC. The van der Waals surface area contributed by atoms with Gasteiger partial charge in [0.2, 0.25) is 0 Å². The lowest BCUT2D eigenvalue weighted by Crippen LogP contribution is -2.50. The Hall–Kier alpha value is -1.84. The summed E-state index contributed by atoms with van der Waals surface area (Å²) in [5.74, 6) is 0.134. The van der Waals surface area contributed by atoms with Gasteiger partial charge in [-0.1, -0.05) is 26.0 Å². The summed E-state index contributed by atoms with van der Waals surface area (Å²) in [6, 6.07) is 7.33.